The first-order chi connectivity index (χ1) is 9.82. The lowest BCUT2D eigenvalue weighted by Crippen LogP contribution is -2.62. The summed E-state index contributed by atoms with van der Waals surface area (Å²) in [6.07, 6.45) is 0. The third-order valence-corrected chi connectivity index (χ3v) is 3.10. The second-order valence-electron chi connectivity index (χ2n) is 4.46. The molecule has 0 saturated carbocycles. The van der Waals surface area contributed by atoms with Crippen molar-refractivity contribution in [1.29, 1.82) is 0 Å². The number of imide groups is 1. The van der Waals surface area contributed by atoms with Gasteiger partial charge >= 0.3 is 6.03 Å². The fourth-order valence-corrected chi connectivity index (χ4v) is 1.87. The van der Waals surface area contributed by atoms with Crippen molar-refractivity contribution in [1.82, 2.24) is 9.80 Å². The van der Waals surface area contributed by atoms with Gasteiger partial charge < -0.3 is 5.73 Å². The summed E-state index contributed by atoms with van der Waals surface area (Å²) in [7, 11) is 2.79. The number of amidine groups is 1. The van der Waals surface area contributed by atoms with Gasteiger partial charge in [0.2, 0.25) is 0 Å². The van der Waals surface area contributed by atoms with Crippen molar-refractivity contribution in [2.24, 2.45) is 10.7 Å². The smallest absolute Gasteiger partial charge is 0.314 e. The van der Waals surface area contributed by atoms with Crippen LogP contribution in [0.2, 0.25) is 0 Å². The number of benzene rings is 1. The quantitative estimate of drug-likeness (QED) is 0.627. The Morgan fingerprint density at radius 2 is 1.76 bits per heavy atom. The maximum Gasteiger partial charge on any atom is 0.331 e. The fraction of sp³-hybridized carbons (Fsp3) is 0.250. The van der Waals surface area contributed by atoms with Crippen LogP contribution in [-0.2, 0) is 4.79 Å². The third-order valence-electron chi connectivity index (χ3n) is 3.10. The third kappa shape index (κ3) is 2.58. The van der Waals surface area contributed by atoms with Gasteiger partial charge in [-0.25, -0.2) is 9.79 Å². The van der Waals surface area contributed by atoms with E-state index in [-0.39, 0.29) is 11.5 Å². The summed E-state index contributed by atoms with van der Waals surface area (Å²) in [6, 6.07) is 3.79. The van der Waals surface area contributed by atoms with Gasteiger partial charge in [0.15, 0.2) is 0 Å². The monoisotopic (exact) mass is 291 g/mol. The number of likely N-dealkylation sites (N-methyl/N-ethyl adjacent to an activating group) is 2. The van der Waals surface area contributed by atoms with E-state index < -0.39 is 22.9 Å². The van der Waals surface area contributed by atoms with Crippen molar-refractivity contribution >= 4 is 29.1 Å². The summed E-state index contributed by atoms with van der Waals surface area (Å²) in [6.45, 7) is 0. The summed E-state index contributed by atoms with van der Waals surface area (Å²) in [4.78, 5) is 39.9. The van der Waals surface area contributed by atoms with Crippen molar-refractivity contribution < 1.29 is 14.5 Å². The molecule has 110 valence electrons. The van der Waals surface area contributed by atoms with Gasteiger partial charge in [-0.1, -0.05) is 0 Å². The van der Waals surface area contributed by atoms with Crippen LogP contribution in [0, 0.1) is 10.1 Å². The zero-order valence-corrected chi connectivity index (χ0v) is 11.4. The number of carbonyl (C=O) groups excluding carboxylic acids is 2. The average molecular weight is 291 g/mol. The topological polar surface area (TPSA) is 122 Å². The molecule has 21 heavy (non-hydrogen) atoms. The van der Waals surface area contributed by atoms with Gasteiger partial charge in [-0.15, -0.1) is 0 Å². The molecule has 0 spiro atoms. The van der Waals surface area contributed by atoms with Crippen LogP contribution in [0.15, 0.2) is 29.3 Å². The lowest BCUT2D eigenvalue weighted by atomic mass is 10.2. The molecule has 2 N–H and O–H groups in total. The molecule has 0 aliphatic carbocycles. The van der Waals surface area contributed by atoms with Crippen LogP contribution in [-0.4, -0.2) is 52.6 Å². The van der Waals surface area contributed by atoms with E-state index in [4.69, 9.17) is 5.73 Å². The van der Waals surface area contributed by atoms with Gasteiger partial charge in [0.1, 0.15) is 11.9 Å². The molecule has 1 heterocycles. The molecule has 9 heteroatoms. The first-order valence-corrected chi connectivity index (χ1v) is 5.97. The predicted molar refractivity (Wildman–Crippen MR) is 74.1 cm³/mol. The van der Waals surface area contributed by atoms with Crippen LogP contribution in [0.25, 0.3) is 0 Å². The molecule has 1 aliphatic heterocycles. The van der Waals surface area contributed by atoms with Crippen LogP contribution in [0.3, 0.4) is 0 Å². The number of nitrogens with two attached hydrogens (primary N) is 1. The highest BCUT2D eigenvalue weighted by molar-refractivity contribution is 6.20. The van der Waals surface area contributed by atoms with Gasteiger partial charge in [-0.05, 0) is 12.1 Å². The lowest BCUT2D eigenvalue weighted by Gasteiger charge is -2.33. The molecule has 1 aromatic carbocycles. The average Bonchev–Trinajstić information content (AvgIpc) is 2.48. The molecule has 1 aromatic rings. The molecule has 1 atom stereocenters. The van der Waals surface area contributed by atoms with E-state index in [1.54, 1.807) is 0 Å². The Morgan fingerprint density at radius 3 is 2.29 bits per heavy atom. The Morgan fingerprint density at radius 1 is 1.19 bits per heavy atom. The molecule has 0 radical (unpaired) electrons. The number of hydrogen-bond donors (Lipinski definition) is 1. The summed E-state index contributed by atoms with van der Waals surface area (Å²) in [5.41, 5.74) is 6.05. The second kappa shape index (κ2) is 5.29. The largest absolute Gasteiger partial charge is 0.331 e. The molecular weight excluding hydrogens is 278 g/mol. The van der Waals surface area contributed by atoms with E-state index in [0.717, 1.165) is 4.90 Å². The van der Waals surface area contributed by atoms with Crippen molar-refractivity contribution in [3.63, 3.8) is 0 Å². The Kier molecular flexibility index (Phi) is 3.68. The number of rotatable bonds is 2. The van der Waals surface area contributed by atoms with E-state index in [9.17, 15) is 19.7 Å². The van der Waals surface area contributed by atoms with E-state index in [1.807, 2.05) is 0 Å². The Balaban J connectivity index is 2.36. The number of nitrogens with zero attached hydrogens (tertiary/aromatic N) is 4. The van der Waals surface area contributed by atoms with Crippen LogP contribution < -0.4 is 5.73 Å². The van der Waals surface area contributed by atoms with Crippen molar-refractivity contribution in [2.75, 3.05) is 14.1 Å². The molecule has 2 rings (SSSR count). The normalized spacial score (nSPS) is 21.1. The molecule has 0 aromatic heterocycles. The van der Waals surface area contributed by atoms with Gasteiger partial charge in [-0.2, -0.15) is 0 Å². The number of nitro benzene ring substituents is 1. The number of carbonyl (C=O) groups is 2. The number of hydrogen-bond acceptors (Lipinski definition) is 6. The Bertz CT molecular complexity index is 616. The van der Waals surface area contributed by atoms with Crippen LogP contribution in [0.4, 0.5) is 16.2 Å². The van der Waals surface area contributed by atoms with Crippen LogP contribution >= 0.6 is 0 Å². The molecule has 1 saturated heterocycles. The van der Waals surface area contributed by atoms with Crippen molar-refractivity contribution in [3.05, 3.63) is 34.4 Å². The minimum absolute atomic E-state index is 0.0767. The summed E-state index contributed by atoms with van der Waals surface area (Å²) < 4.78 is 0. The molecule has 9 nitrogen and oxygen atoms in total. The first kappa shape index (κ1) is 14.6. The maximum atomic E-state index is 11.8. The predicted octanol–water partition coefficient (Wildman–Crippen LogP) is 0.476. The zero-order chi connectivity index (χ0) is 15.7. The first-order valence-electron chi connectivity index (χ1n) is 5.97. The highest BCUT2D eigenvalue weighted by Gasteiger charge is 2.38. The molecular formula is C12H13N5O4. The minimum atomic E-state index is -1.06. The van der Waals surface area contributed by atoms with E-state index in [0.29, 0.717) is 5.69 Å². The van der Waals surface area contributed by atoms with Crippen LogP contribution in [0.1, 0.15) is 0 Å². The number of non-ortho nitro benzene ring substituents is 1. The molecule has 3 amide bonds. The van der Waals surface area contributed by atoms with Crippen molar-refractivity contribution in [3.8, 4) is 0 Å². The Labute approximate surface area is 119 Å². The maximum absolute atomic E-state index is 11.8. The number of aliphatic imine (C=N–C) groups is 1. The zero-order valence-electron chi connectivity index (χ0n) is 11.4. The number of nitro groups is 1. The van der Waals surface area contributed by atoms with Crippen molar-refractivity contribution in [2.45, 2.75) is 6.04 Å². The highest BCUT2D eigenvalue weighted by Crippen LogP contribution is 2.20. The van der Waals surface area contributed by atoms with Gasteiger partial charge in [-0.3, -0.25) is 24.7 Å². The standard InChI is InChI=1S/C12H13N5O4/c1-15-10(9(13)11(18)16(2)12(15)19)14-7-3-5-8(6-4-7)17(20)21/h3-6,9H,13H2,1-2H3/b14-10-. The molecule has 1 unspecified atom stereocenters. The van der Waals surface area contributed by atoms with E-state index in [1.165, 1.54) is 43.3 Å². The number of urea groups is 1. The highest BCUT2D eigenvalue weighted by atomic mass is 16.6. The SMILES string of the molecule is CN1C(=O)C(N)/C(=N/c2ccc([N+](=O)[O-])cc2)N(C)C1=O. The second-order valence-corrected chi connectivity index (χ2v) is 4.46. The van der Waals surface area contributed by atoms with E-state index >= 15 is 0 Å². The van der Waals surface area contributed by atoms with Gasteiger partial charge in [0.25, 0.3) is 11.6 Å². The molecule has 0 bridgehead atoms. The number of amides is 3. The summed E-state index contributed by atoms with van der Waals surface area (Å²) >= 11 is 0. The lowest BCUT2D eigenvalue weighted by molar-refractivity contribution is -0.384. The fourth-order valence-electron chi connectivity index (χ4n) is 1.87. The summed E-state index contributed by atoms with van der Waals surface area (Å²) in [5, 5.41) is 10.6. The molecule has 1 fully saturated rings. The van der Waals surface area contributed by atoms with Gasteiger partial charge in [0.05, 0.1) is 10.6 Å². The molecule has 1 aliphatic rings. The Hall–Kier alpha value is -2.81. The van der Waals surface area contributed by atoms with Gasteiger partial charge in [0, 0.05) is 26.2 Å². The van der Waals surface area contributed by atoms with Crippen LogP contribution in [0.5, 0.6) is 0 Å². The summed E-state index contributed by atoms with van der Waals surface area (Å²) in [5.74, 6) is -0.462. The minimum Gasteiger partial charge on any atom is -0.314 e. The van der Waals surface area contributed by atoms with E-state index in [2.05, 4.69) is 4.99 Å².